The quantitative estimate of drug-likeness (QED) is 0.324. The zero-order chi connectivity index (χ0) is 16.8. The van der Waals surface area contributed by atoms with Crippen LogP contribution in [0.2, 0.25) is 0 Å². The minimum Gasteiger partial charge on any atom is -0.433 e. The van der Waals surface area contributed by atoms with Gasteiger partial charge in [0.15, 0.2) is 5.58 Å². The number of carbonyl (C=O) groups is 1. The Labute approximate surface area is 143 Å². The number of aromatic nitrogens is 1. The molecule has 0 bridgehead atoms. The average Bonchev–Trinajstić information content (AvgIpc) is 3.14. The van der Waals surface area contributed by atoms with Crippen molar-refractivity contribution >= 4 is 38.4 Å². The predicted molar refractivity (Wildman–Crippen MR) is 98.9 cm³/mol. The molecule has 0 saturated heterocycles. The molecule has 25 heavy (non-hydrogen) atoms. The molecule has 1 heterocycles. The summed E-state index contributed by atoms with van der Waals surface area (Å²) in [4.78, 5) is 17.3. The van der Waals surface area contributed by atoms with Gasteiger partial charge >= 0.3 is 0 Å². The van der Waals surface area contributed by atoms with E-state index in [1.165, 1.54) is 0 Å². The Balaban J connectivity index is 1.87. The zero-order valence-corrected chi connectivity index (χ0v) is 13.3. The molecule has 118 valence electrons. The molecule has 0 spiro atoms. The lowest BCUT2D eigenvalue weighted by atomic mass is 10.0. The Kier molecular flexibility index (Phi) is 2.94. The second kappa shape index (κ2) is 5.28. The van der Waals surface area contributed by atoms with Crippen LogP contribution >= 0.6 is 0 Å². The highest BCUT2D eigenvalue weighted by Crippen LogP contribution is 2.35. The standard InChI is InChI=1S/C22H13NO2/c24-20(14-8-2-1-3-9-14)22-23-19-17-12-6-4-10-15(17)16-11-5-7-13-18(16)21(19)25-22/h1-13H. The number of ketones is 1. The Hall–Kier alpha value is -3.46. The molecule has 0 aliphatic heterocycles. The molecule has 5 aromatic rings. The van der Waals surface area contributed by atoms with E-state index in [1.807, 2.05) is 54.6 Å². The second-order valence-electron chi connectivity index (χ2n) is 5.98. The van der Waals surface area contributed by atoms with Crippen molar-refractivity contribution in [2.24, 2.45) is 0 Å². The number of carbonyl (C=O) groups excluding carboxylic acids is 1. The number of fused-ring (bicyclic) bond motifs is 6. The van der Waals surface area contributed by atoms with Gasteiger partial charge in [-0.15, -0.1) is 0 Å². The fourth-order valence-corrected chi connectivity index (χ4v) is 3.34. The van der Waals surface area contributed by atoms with E-state index in [4.69, 9.17) is 4.42 Å². The first-order valence-electron chi connectivity index (χ1n) is 8.12. The van der Waals surface area contributed by atoms with Crippen LogP contribution in [0, 0.1) is 0 Å². The maximum atomic E-state index is 12.7. The van der Waals surface area contributed by atoms with Crippen molar-refractivity contribution in [3.05, 3.63) is 90.3 Å². The lowest BCUT2D eigenvalue weighted by molar-refractivity contribution is 0.100. The van der Waals surface area contributed by atoms with Gasteiger partial charge < -0.3 is 4.42 Å². The number of oxazole rings is 1. The molecule has 0 aliphatic carbocycles. The molecule has 3 heteroatoms. The number of benzene rings is 4. The molecule has 5 rings (SSSR count). The van der Waals surface area contributed by atoms with Crippen molar-refractivity contribution in [2.45, 2.75) is 0 Å². The van der Waals surface area contributed by atoms with E-state index >= 15 is 0 Å². The summed E-state index contributed by atoms with van der Waals surface area (Å²) in [7, 11) is 0. The van der Waals surface area contributed by atoms with Gasteiger partial charge in [0.2, 0.25) is 5.78 Å². The van der Waals surface area contributed by atoms with Gasteiger partial charge in [0.25, 0.3) is 5.89 Å². The molecule has 3 nitrogen and oxygen atoms in total. The summed E-state index contributed by atoms with van der Waals surface area (Å²) in [5.41, 5.74) is 1.96. The minimum absolute atomic E-state index is 0.128. The number of nitrogens with zero attached hydrogens (tertiary/aromatic N) is 1. The van der Waals surface area contributed by atoms with Crippen molar-refractivity contribution in [1.82, 2.24) is 4.98 Å². The maximum Gasteiger partial charge on any atom is 0.269 e. The molecule has 0 amide bonds. The van der Waals surface area contributed by atoms with Crippen molar-refractivity contribution < 1.29 is 9.21 Å². The van der Waals surface area contributed by atoms with Crippen LogP contribution in [0.4, 0.5) is 0 Å². The van der Waals surface area contributed by atoms with E-state index in [0.29, 0.717) is 11.1 Å². The molecule has 0 saturated carbocycles. The molecule has 0 aliphatic rings. The largest absolute Gasteiger partial charge is 0.433 e. The summed E-state index contributed by atoms with van der Waals surface area (Å²) in [5.74, 6) is -0.0762. The normalized spacial score (nSPS) is 11.4. The molecule has 0 fully saturated rings. The molecule has 0 unspecified atom stereocenters. The number of hydrogen-bond donors (Lipinski definition) is 0. The highest BCUT2D eigenvalue weighted by atomic mass is 16.4. The summed E-state index contributed by atoms with van der Waals surface area (Å²) < 4.78 is 5.94. The monoisotopic (exact) mass is 323 g/mol. The van der Waals surface area contributed by atoms with Gasteiger partial charge in [-0.3, -0.25) is 4.79 Å². The summed E-state index contributed by atoms with van der Waals surface area (Å²) >= 11 is 0. The Morgan fingerprint density at radius 3 is 1.96 bits per heavy atom. The summed E-state index contributed by atoms with van der Waals surface area (Å²) in [6, 6.07) is 25.2. The van der Waals surface area contributed by atoms with E-state index < -0.39 is 0 Å². The van der Waals surface area contributed by atoms with Gasteiger partial charge in [-0.2, -0.15) is 0 Å². The number of rotatable bonds is 2. The average molecular weight is 323 g/mol. The molecule has 0 radical (unpaired) electrons. The van der Waals surface area contributed by atoms with E-state index in [-0.39, 0.29) is 11.7 Å². The van der Waals surface area contributed by atoms with Crippen LogP contribution in [0.15, 0.2) is 83.3 Å². The van der Waals surface area contributed by atoms with Gasteiger partial charge in [0.1, 0.15) is 5.52 Å². The van der Waals surface area contributed by atoms with E-state index in [9.17, 15) is 4.79 Å². The van der Waals surface area contributed by atoms with E-state index in [1.54, 1.807) is 12.1 Å². The highest BCUT2D eigenvalue weighted by molar-refractivity contribution is 6.23. The van der Waals surface area contributed by atoms with Gasteiger partial charge in [0.05, 0.1) is 0 Å². The summed E-state index contributed by atoms with van der Waals surface area (Å²) in [6.07, 6.45) is 0. The topological polar surface area (TPSA) is 43.1 Å². The second-order valence-corrected chi connectivity index (χ2v) is 5.98. The lowest BCUT2D eigenvalue weighted by Crippen LogP contribution is -2.00. The fourth-order valence-electron chi connectivity index (χ4n) is 3.34. The smallest absolute Gasteiger partial charge is 0.269 e. The maximum absolute atomic E-state index is 12.7. The third-order valence-electron chi connectivity index (χ3n) is 4.50. The van der Waals surface area contributed by atoms with Crippen LogP contribution in [0.5, 0.6) is 0 Å². The third kappa shape index (κ3) is 2.06. The van der Waals surface area contributed by atoms with E-state index in [0.717, 1.165) is 27.1 Å². The van der Waals surface area contributed by atoms with E-state index in [2.05, 4.69) is 17.1 Å². The van der Waals surface area contributed by atoms with Crippen LogP contribution in [0.25, 0.3) is 32.6 Å². The molecule has 1 aromatic heterocycles. The van der Waals surface area contributed by atoms with Crippen LogP contribution in [-0.4, -0.2) is 10.8 Å². The minimum atomic E-state index is -0.204. The predicted octanol–water partition coefficient (Wildman–Crippen LogP) is 5.37. The van der Waals surface area contributed by atoms with Crippen molar-refractivity contribution in [1.29, 1.82) is 0 Å². The molecule has 0 atom stereocenters. The lowest BCUT2D eigenvalue weighted by Gasteiger charge is -2.04. The molecule has 0 N–H and O–H groups in total. The van der Waals surface area contributed by atoms with Gasteiger partial charge in [-0.1, -0.05) is 78.9 Å². The van der Waals surface area contributed by atoms with Crippen molar-refractivity contribution in [3.8, 4) is 0 Å². The fraction of sp³-hybridized carbons (Fsp3) is 0. The molecular weight excluding hydrogens is 310 g/mol. The molecule has 4 aromatic carbocycles. The SMILES string of the molecule is O=C(c1ccccc1)c1nc2c3ccccc3c3ccccc3c2o1. The Bertz CT molecular complexity index is 1180. The van der Waals surface area contributed by atoms with Crippen LogP contribution in [0.1, 0.15) is 16.2 Å². The Morgan fingerprint density at radius 2 is 1.24 bits per heavy atom. The van der Waals surface area contributed by atoms with Crippen LogP contribution in [-0.2, 0) is 0 Å². The first-order valence-corrected chi connectivity index (χ1v) is 8.12. The number of hydrogen-bond acceptors (Lipinski definition) is 3. The molecular formula is C22H13NO2. The third-order valence-corrected chi connectivity index (χ3v) is 4.50. The summed E-state index contributed by atoms with van der Waals surface area (Å²) in [5, 5.41) is 4.17. The van der Waals surface area contributed by atoms with Gasteiger partial charge in [0, 0.05) is 16.3 Å². The highest BCUT2D eigenvalue weighted by Gasteiger charge is 2.19. The first-order chi connectivity index (χ1) is 12.3. The van der Waals surface area contributed by atoms with Gasteiger partial charge in [-0.25, -0.2) is 4.98 Å². The Morgan fingerprint density at radius 1 is 0.680 bits per heavy atom. The van der Waals surface area contributed by atoms with Crippen molar-refractivity contribution in [2.75, 3.05) is 0 Å². The van der Waals surface area contributed by atoms with Crippen LogP contribution < -0.4 is 0 Å². The van der Waals surface area contributed by atoms with Gasteiger partial charge in [-0.05, 0) is 10.8 Å². The zero-order valence-electron chi connectivity index (χ0n) is 13.3. The first kappa shape index (κ1) is 13.9. The van der Waals surface area contributed by atoms with Crippen molar-refractivity contribution in [3.63, 3.8) is 0 Å². The summed E-state index contributed by atoms with van der Waals surface area (Å²) in [6.45, 7) is 0. The van der Waals surface area contributed by atoms with Crippen LogP contribution in [0.3, 0.4) is 0 Å².